The predicted octanol–water partition coefficient (Wildman–Crippen LogP) is 3.22. The Morgan fingerprint density at radius 1 is 1.48 bits per heavy atom. The monoisotopic (exact) mass is 387 g/mol. The highest BCUT2D eigenvalue weighted by atomic mass is 32.1. The Morgan fingerprint density at radius 3 is 3.15 bits per heavy atom. The molecule has 27 heavy (non-hydrogen) atoms. The van der Waals surface area contributed by atoms with Crippen molar-refractivity contribution in [1.82, 2.24) is 15.2 Å². The van der Waals surface area contributed by atoms with Gasteiger partial charge in [0, 0.05) is 49.8 Å². The molecule has 2 aromatic heterocycles. The van der Waals surface area contributed by atoms with Gasteiger partial charge in [0.05, 0.1) is 17.0 Å². The molecular formula is C20H25N3O3S. The van der Waals surface area contributed by atoms with Crippen molar-refractivity contribution in [3.63, 3.8) is 0 Å². The first-order chi connectivity index (χ1) is 13.2. The fraction of sp³-hybridized carbons (Fsp3) is 0.450. The number of rotatable bonds is 7. The Kier molecular flexibility index (Phi) is 6.81. The molecule has 0 spiro atoms. The molecule has 0 aliphatic carbocycles. The first kappa shape index (κ1) is 19.4. The summed E-state index contributed by atoms with van der Waals surface area (Å²) in [7, 11) is 0. The third-order valence-corrected chi connectivity index (χ3v) is 5.67. The van der Waals surface area contributed by atoms with Crippen LogP contribution in [0.1, 0.15) is 48.6 Å². The third kappa shape index (κ3) is 5.53. The van der Waals surface area contributed by atoms with Crippen LogP contribution in [0.3, 0.4) is 0 Å². The van der Waals surface area contributed by atoms with Gasteiger partial charge in [0.15, 0.2) is 0 Å². The van der Waals surface area contributed by atoms with Crippen molar-refractivity contribution in [1.29, 1.82) is 0 Å². The molecule has 144 valence electrons. The summed E-state index contributed by atoms with van der Waals surface area (Å²) in [4.78, 5) is 30.4. The van der Waals surface area contributed by atoms with Crippen LogP contribution in [0.2, 0.25) is 0 Å². The predicted molar refractivity (Wildman–Crippen MR) is 105 cm³/mol. The smallest absolute Gasteiger partial charge is 0.246 e. The molecule has 0 bridgehead atoms. The summed E-state index contributed by atoms with van der Waals surface area (Å²) in [5.41, 5.74) is 1.01. The summed E-state index contributed by atoms with van der Waals surface area (Å²) in [5.74, 6) is 1.03. The van der Waals surface area contributed by atoms with Crippen LogP contribution in [-0.2, 0) is 16.0 Å². The highest BCUT2D eigenvalue weighted by Gasteiger charge is 2.25. The molecule has 1 N–H and O–H groups in total. The fourth-order valence-electron chi connectivity index (χ4n) is 3.10. The fourth-order valence-corrected chi connectivity index (χ4v) is 4.09. The van der Waals surface area contributed by atoms with Crippen molar-refractivity contribution in [3.8, 4) is 0 Å². The number of likely N-dealkylation sites (tertiary alicyclic amines) is 1. The van der Waals surface area contributed by atoms with Crippen LogP contribution >= 0.6 is 11.3 Å². The number of carbonyl (C=O) groups is 2. The van der Waals surface area contributed by atoms with Crippen molar-refractivity contribution < 1.29 is 14.0 Å². The van der Waals surface area contributed by atoms with Gasteiger partial charge in [0.2, 0.25) is 11.8 Å². The minimum Gasteiger partial charge on any atom is -0.465 e. The van der Waals surface area contributed by atoms with E-state index in [2.05, 4.69) is 10.7 Å². The Balaban J connectivity index is 1.53. The highest BCUT2D eigenvalue weighted by Crippen LogP contribution is 2.29. The average Bonchev–Trinajstić information content (AvgIpc) is 3.38. The Morgan fingerprint density at radius 2 is 2.37 bits per heavy atom. The van der Waals surface area contributed by atoms with Crippen LogP contribution in [-0.4, -0.2) is 41.3 Å². The number of hydrogen-bond donors (Lipinski definition) is 1. The molecule has 0 saturated carbocycles. The summed E-state index contributed by atoms with van der Waals surface area (Å²) in [5, 5.41) is 6.02. The maximum Gasteiger partial charge on any atom is 0.246 e. The molecule has 1 saturated heterocycles. The van der Waals surface area contributed by atoms with E-state index >= 15 is 0 Å². The molecule has 3 rings (SSSR count). The van der Waals surface area contributed by atoms with Crippen LogP contribution in [0.15, 0.2) is 34.3 Å². The molecule has 0 radical (unpaired) electrons. The van der Waals surface area contributed by atoms with E-state index in [9.17, 15) is 9.59 Å². The van der Waals surface area contributed by atoms with E-state index in [1.54, 1.807) is 35.8 Å². The van der Waals surface area contributed by atoms with Crippen molar-refractivity contribution in [3.05, 3.63) is 46.3 Å². The molecule has 0 unspecified atom stereocenters. The first-order valence-corrected chi connectivity index (χ1v) is 10.2. The zero-order valence-electron chi connectivity index (χ0n) is 15.5. The van der Waals surface area contributed by atoms with Crippen LogP contribution in [0.5, 0.6) is 0 Å². The van der Waals surface area contributed by atoms with E-state index in [1.165, 1.54) is 0 Å². The number of nitrogens with one attached hydrogen (secondary N) is 1. The molecule has 1 aliphatic heterocycles. The lowest BCUT2D eigenvalue weighted by atomic mass is 9.98. The summed E-state index contributed by atoms with van der Waals surface area (Å²) in [6, 6.07) is 3.62. The molecule has 1 fully saturated rings. The number of piperidine rings is 1. The van der Waals surface area contributed by atoms with E-state index in [-0.39, 0.29) is 17.7 Å². The van der Waals surface area contributed by atoms with Gasteiger partial charge in [-0.15, -0.1) is 11.3 Å². The van der Waals surface area contributed by atoms with Gasteiger partial charge in [-0.05, 0) is 31.1 Å². The minimum absolute atomic E-state index is 0.00941. The Bertz CT molecular complexity index is 782. The van der Waals surface area contributed by atoms with Crippen LogP contribution in [0.25, 0.3) is 6.08 Å². The highest BCUT2D eigenvalue weighted by molar-refractivity contribution is 7.09. The Labute approximate surface area is 163 Å². The number of carbonyl (C=O) groups excluding carboxylic acids is 2. The lowest BCUT2D eigenvalue weighted by molar-refractivity contribution is -0.127. The molecule has 0 aromatic carbocycles. The van der Waals surface area contributed by atoms with Crippen LogP contribution < -0.4 is 5.32 Å². The van der Waals surface area contributed by atoms with E-state index in [0.29, 0.717) is 25.3 Å². The quantitative estimate of drug-likeness (QED) is 0.740. The average molecular weight is 388 g/mol. The van der Waals surface area contributed by atoms with Gasteiger partial charge >= 0.3 is 0 Å². The van der Waals surface area contributed by atoms with E-state index < -0.39 is 0 Å². The van der Waals surface area contributed by atoms with Crippen LogP contribution in [0, 0.1) is 0 Å². The van der Waals surface area contributed by atoms with E-state index in [0.717, 1.165) is 36.5 Å². The molecule has 3 heterocycles. The minimum atomic E-state index is 0.00941. The number of hydrogen-bond acceptors (Lipinski definition) is 5. The van der Waals surface area contributed by atoms with Crippen molar-refractivity contribution in [2.45, 2.75) is 38.5 Å². The zero-order chi connectivity index (χ0) is 19.1. The van der Waals surface area contributed by atoms with Gasteiger partial charge < -0.3 is 14.6 Å². The van der Waals surface area contributed by atoms with Gasteiger partial charge in [-0.25, -0.2) is 4.98 Å². The second-order valence-corrected chi connectivity index (χ2v) is 7.49. The SMILES string of the molecule is CCC(=O)NCCc1csc([C@H]2CCCN(C(=O)/C=C/c3ccco3)C2)n1. The number of amides is 2. The number of aromatic nitrogens is 1. The van der Waals surface area contributed by atoms with Gasteiger partial charge in [-0.1, -0.05) is 6.92 Å². The maximum absolute atomic E-state index is 12.4. The molecule has 2 amide bonds. The van der Waals surface area contributed by atoms with E-state index in [1.807, 2.05) is 17.9 Å². The summed E-state index contributed by atoms with van der Waals surface area (Å²) in [6.45, 7) is 3.93. The number of thiazole rings is 1. The molecule has 7 heteroatoms. The number of nitrogens with zero attached hydrogens (tertiary/aromatic N) is 2. The van der Waals surface area contributed by atoms with Gasteiger partial charge in [0.25, 0.3) is 0 Å². The second kappa shape index (κ2) is 9.50. The standard InChI is InChI=1S/C20H25N3O3S/c1-2-18(24)21-10-9-16-14-27-20(22-16)15-5-3-11-23(13-15)19(25)8-7-17-6-4-12-26-17/h4,6-8,12,14-15H,2-3,5,9-11,13H2,1H3,(H,21,24)/b8-7+/t15-/m0/s1. The summed E-state index contributed by atoms with van der Waals surface area (Å²) < 4.78 is 5.23. The zero-order valence-corrected chi connectivity index (χ0v) is 16.3. The third-order valence-electron chi connectivity index (χ3n) is 4.61. The topological polar surface area (TPSA) is 75.4 Å². The molecule has 2 aromatic rings. The molecule has 1 atom stereocenters. The first-order valence-electron chi connectivity index (χ1n) is 9.37. The molecule has 6 nitrogen and oxygen atoms in total. The lowest BCUT2D eigenvalue weighted by Crippen LogP contribution is -2.38. The van der Waals surface area contributed by atoms with Gasteiger partial charge in [0.1, 0.15) is 5.76 Å². The molecule has 1 aliphatic rings. The molecular weight excluding hydrogens is 362 g/mol. The van der Waals surface area contributed by atoms with E-state index in [4.69, 9.17) is 9.40 Å². The van der Waals surface area contributed by atoms with Crippen molar-refractivity contribution in [2.75, 3.05) is 19.6 Å². The second-order valence-electron chi connectivity index (χ2n) is 6.60. The summed E-state index contributed by atoms with van der Waals surface area (Å²) >= 11 is 1.65. The van der Waals surface area contributed by atoms with Crippen molar-refractivity contribution >= 4 is 29.2 Å². The van der Waals surface area contributed by atoms with Crippen LogP contribution in [0.4, 0.5) is 0 Å². The normalized spacial score (nSPS) is 17.4. The largest absolute Gasteiger partial charge is 0.465 e. The lowest BCUT2D eigenvalue weighted by Gasteiger charge is -2.31. The van der Waals surface area contributed by atoms with Crippen molar-refractivity contribution in [2.24, 2.45) is 0 Å². The van der Waals surface area contributed by atoms with Gasteiger partial charge in [-0.3, -0.25) is 9.59 Å². The maximum atomic E-state index is 12.4. The van der Waals surface area contributed by atoms with Gasteiger partial charge in [-0.2, -0.15) is 0 Å². The summed E-state index contributed by atoms with van der Waals surface area (Å²) in [6.07, 6.45) is 8.14. The Hall–Kier alpha value is -2.41. The number of furan rings is 1.